The van der Waals surface area contributed by atoms with E-state index in [0.717, 1.165) is 12.1 Å². The Bertz CT molecular complexity index is 427. The summed E-state index contributed by atoms with van der Waals surface area (Å²) < 4.78 is 42.2. The molecule has 0 fully saturated rings. The molecule has 0 aromatic heterocycles. The lowest BCUT2D eigenvalue weighted by Crippen LogP contribution is -2.28. The fourth-order valence-corrected chi connectivity index (χ4v) is 1.54. The van der Waals surface area contributed by atoms with E-state index in [9.17, 15) is 18.0 Å². The number of nitrogens with one attached hydrogen (secondary N) is 1. The highest BCUT2D eigenvalue weighted by atomic mass is 19.4. The molecule has 0 aliphatic heterocycles. The molecule has 0 radical (unpaired) electrons. The van der Waals surface area contributed by atoms with E-state index in [-0.39, 0.29) is 18.4 Å². The second kappa shape index (κ2) is 7.17. The van der Waals surface area contributed by atoms with Gasteiger partial charge >= 0.3 is 6.18 Å². The molecule has 1 amide bonds. The highest BCUT2D eigenvalue weighted by Gasteiger charge is 2.29. The molecular weight excluding hydrogens is 271 g/mol. The second-order valence-electron chi connectivity index (χ2n) is 4.82. The van der Waals surface area contributed by atoms with E-state index < -0.39 is 11.7 Å². The summed E-state index contributed by atoms with van der Waals surface area (Å²) in [5, 5.41) is 2.68. The van der Waals surface area contributed by atoms with Gasteiger partial charge in [0, 0.05) is 6.42 Å². The largest absolute Gasteiger partial charge is 0.492 e. The van der Waals surface area contributed by atoms with Crippen molar-refractivity contribution >= 4 is 5.91 Å². The number of alkyl halides is 3. The van der Waals surface area contributed by atoms with Crippen LogP contribution in [-0.4, -0.2) is 19.1 Å². The van der Waals surface area contributed by atoms with Crippen LogP contribution in [0.5, 0.6) is 5.75 Å². The van der Waals surface area contributed by atoms with Gasteiger partial charge in [-0.15, -0.1) is 0 Å². The first kappa shape index (κ1) is 16.3. The topological polar surface area (TPSA) is 38.3 Å². The minimum Gasteiger partial charge on any atom is -0.492 e. The maximum atomic E-state index is 12.3. The van der Waals surface area contributed by atoms with E-state index in [4.69, 9.17) is 4.74 Å². The molecule has 1 aromatic carbocycles. The first-order chi connectivity index (χ1) is 9.29. The number of hydrogen-bond donors (Lipinski definition) is 1. The SMILES string of the molecule is CC(C)CC(=O)NCCOc1ccc(C(F)(F)F)cc1. The fraction of sp³-hybridized carbons (Fsp3) is 0.500. The Balaban J connectivity index is 2.31. The predicted molar refractivity (Wildman–Crippen MR) is 69.4 cm³/mol. The van der Waals surface area contributed by atoms with Crippen molar-refractivity contribution in [2.75, 3.05) is 13.2 Å². The molecule has 0 atom stereocenters. The van der Waals surface area contributed by atoms with Gasteiger partial charge in [-0.25, -0.2) is 0 Å². The van der Waals surface area contributed by atoms with Gasteiger partial charge in [-0.3, -0.25) is 4.79 Å². The van der Waals surface area contributed by atoms with Gasteiger partial charge < -0.3 is 10.1 Å². The Kier molecular flexibility index (Phi) is 5.85. The molecule has 0 unspecified atom stereocenters. The van der Waals surface area contributed by atoms with Crippen LogP contribution in [0, 0.1) is 5.92 Å². The number of hydrogen-bond acceptors (Lipinski definition) is 2. The zero-order valence-corrected chi connectivity index (χ0v) is 11.5. The van der Waals surface area contributed by atoms with E-state index in [1.807, 2.05) is 13.8 Å². The Morgan fingerprint density at radius 3 is 2.35 bits per heavy atom. The Morgan fingerprint density at radius 2 is 1.85 bits per heavy atom. The minimum absolute atomic E-state index is 0.0592. The van der Waals surface area contributed by atoms with E-state index in [1.165, 1.54) is 12.1 Å². The van der Waals surface area contributed by atoms with Gasteiger partial charge in [-0.1, -0.05) is 13.8 Å². The van der Waals surface area contributed by atoms with E-state index >= 15 is 0 Å². The summed E-state index contributed by atoms with van der Waals surface area (Å²) in [5.41, 5.74) is -0.713. The van der Waals surface area contributed by atoms with Crippen molar-refractivity contribution in [3.8, 4) is 5.75 Å². The van der Waals surface area contributed by atoms with Gasteiger partial charge in [0.25, 0.3) is 0 Å². The zero-order chi connectivity index (χ0) is 15.2. The highest BCUT2D eigenvalue weighted by molar-refractivity contribution is 5.75. The summed E-state index contributed by atoms with van der Waals surface area (Å²) >= 11 is 0. The summed E-state index contributed by atoms with van der Waals surface area (Å²) in [6.07, 6.45) is -3.90. The quantitative estimate of drug-likeness (QED) is 0.816. The first-order valence-corrected chi connectivity index (χ1v) is 6.36. The van der Waals surface area contributed by atoms with Crippen molar-refractivity contribution in [1.82, 2.24) is 5.32 Å². The average molecular weight is 289 g/mol. The lowest BCUT2D eigenvalue weighted by atomic mass is 10.1. The molecular formula is C14H18F3NO2. The van der Waals surface area contributed by atoms with Gasteiger partial charge in [0.1, 0.15) is 12.4 Å². The van der Waals surface area contributed by atoms with Gasteiger partial charge in [0.05, 0.1) is 12.1 Å². The van der Waals surface area contributed by atoms with Crippen molar-refractivity contribution < 1.29 is 22.7 Å². The fourth-order valence-electron chi connectivity index (χ4n) is 1.54. The maximum absolute atomic E-state index is 12.3. The molecule has 1 aromatic rings. The number of halogens is 3. The normalized spacial score (nSPS) is 11.5. The Labute approximate surface area is 116 Å². The summed E-state index contributed by atoms with van der Waals surface area (Å²) in [7, 11) is 0. The van der Waals surface area contributed by atoms with Crippen LogP contribution in [0.1, 0.15) is 25.8 Å². The third kappa shape index (κ3) is 5.95. The maximum Gasteiger partial charge on any atom is 0.416 e. The molecule has 0 aliphatic rings. The number of amides is 1. The van der Waals surface area contributed by atoms with E-state index in [2.05, 4.69) is 5.32 Å². The molecule has 0 saturated carbocycles. The smallest absolute Gasteiger partial charge is 0.416 e. The third-order valence-electron chi connectivity index (χ3n) is 2.47. The molecule has 1 N–H and O–H groups in total. The second-order valence-corrected chi connectivity index (χ2v) is 4.82. The van der Waals surface area contributed by atoms with Crippen LogP contribution in [0.4, 0.5) is 13.2 Å². The van der Waals surface area contributed by atoms with Crippen molar-refractivity contribution in [2.24, 2.45) is 5.92 Å². The van der Waals surface area contributed by atoms with Crippen LogP contribution in [-0.2, 0) is 11.0 Å². The number of ether oxygens (including phenoxy) is 1. The van der Waals surface area contributed by atoms with Crippen LogP contribution < -0.4 is 10.1 Å². The molecule has 0 aliphatic carbocycles. The molecule has 112 valence electrons. The third-order valence-corrected chi connectivity index (χ3v) is 2.47. The molecule has 3 nitrogen and oxygen atoms in total. The van der Waals surface area contributed by atoms with Gasteiger partial charge in [0.15, 0.2) is 0 Å². The lowest BCUT2D eigenvalue weighted by Gasteiger charge is -2.10. The van der Waals surface area contributed by atoms with Crippen molar-refractivity contribution in [3.05, 3.63) is 29.8 Å². The van der Waals surface area contributed by atoms with Crippen LogP contribution >= 0.6 is 0 Å². The summed E-state index contributed by atoms with van der Waals surface area (Å²) in [6.45, 7) is 4.43. The van der Waals surface area contributed by atoms with E-state index in [1.54, 1.807) is 0 Å². The van der Waals surface area contributed by atoms with Crippen molar-refractivity contribution in [3.63, 3.8) is 0 Å². The molecule has 0 spiro atoms. The summed E-state index contributed by atoms with van der Waals surface area (Å²) in [4.78, 5) is 11.3. The van der Waals surface area contributed by atoms with Crippen LogP contribution in [0.2, 0.25) is 0 Å². The average Bonchev–Trinajstić information content (AvgIpc) is 2.33. The first-order valence-electron chi connectivity index (χ1n) is 6.36. The zero-order valence-electron chi connectivity index (χ0n) is 11.5. The summed E-state index contributed by atoms with van der Waals surface area (Å²) in [5.74, 6) is 0.568. The molecule has 0 heterocycles. The standard InChI is InChI=1S/C14H18F3NO2/c1-10(2)9-13(19)18-7-8-20-12-5-3-11(4-6-12)14(15,16)17/h3-6,10H,7-9H2,1-2H3,(H,18,19). The highest BCUT2D eigenvalue weighted by Crippen LogP contribution is 2.30. The van der Waals surface area contributed by atoms with Gasteiger partial charge in [-0.05, 0) is 30.2 Å². The Morgan fingerprint density at radius 1 is 1.25 bits per heavy atom. The van der Waals surface area contributed by atoms with Crippen LogP contribution in [0.25, 0.3) is 0 Å². The van der Waals surface area contributed by atoms with Crippen molar-refractivity contribution in [2.45, 2.75) is 26.4 Å². The van der Waals surface area contributed by atoms with Crippen LogP contribution in [0.3, 0.4) is 0 Å². The van der Waals surface area contributed by atoms with Crippen molar-refractivity contribution in [1.29, 1.82) is 0 Å². The summed E-state index contributed by atoms with van der Waals surface area (Å²) in [6, 6.07) is 4.46. The van der Waals surface area contributed by atoms with E-state index in [0.29, 0.717) is 18.7 Å². The molecule has 0 saturated heterocycles. The number of carbonyl (C=O) groups excluding carboxylic acids is 1. The monoisotopic (exact) mass is 289 g/mol. The predicted octanol–water partition coefficient (Wildman–Crippen LogP) is 3.25. The number of rotatable bonds is 6. The number of benzene rings is 1. The number of carbonyl (C=O) groups is 1. The molecule has 1 rings (SSSR count). The van der Waals surface area contributed by atoms with Crippen LogP contribution in [0.15, 0.2) is 24.3 Å². The van der Waals surface area contributed by atoms with Gasteiger partial charge in [-0.2, -0.15) is 13.2 Å². The lowest BCUT2D eigenvalue weighted by molar-refractivity contribution is -0.137. The Hall–Kier alpha value is -1.72. The molecule has 0 bridgehead atoms. The molecule has 6 heteroatoms. The van der Waals surface area contributed by atoms with Gasteiger partial charge in [0.2, 0.25) is 5.91 Å². The molecule has 20 heavy (non-hydrogen) atoms. The minimum atomic E-state index is -4.34.